The van der Waals surface area contributed by atoms with E-state index in [-0.39, 0.29) is 12.5 Å². The molecule has 148 valence electrons. The first kappa shape index (κ1) is 17.9. The van der Waals surface area contributed by atoms with Crippen LogP contribution in [-0.4, -0.2) is 41.1 Å². The smallest absolute Gasteiger partial charge is 0.325 e. The van der Waals surface area contributed by atoms with E-state index in [0.717, 1.165) is 16.5 Å². The second kappa shape index (κ2) is 7.00. The Morgan fingerprint density at radius 3 is 2.86 bits per heavy atom. The molecule has 3 aromatic rings. The van der Waals surface area contributed by atoms with Crippen LogP contribution in [0.4, 0.5) is 4.79 Å². The third-order valence-electron chi connectivity index (χ3n) is 5.20. The first-order valence-corrected chi connectivity index (χ1v) is 9.73. The summed E-state index contributed by atoms with van der Waals surface area (Å²) >= 11 is 6.27. The van der Waals surface area contributed by atoms with Crippen molar-refractivity contribution in [1.82, 2.24) is 15.2 Å². The van der Waals surface area contributed by atoms with E-state index in [2.05, 4.69) is 10.3 Å². The molecule has 1 saturated heterocycles. The summed E-state index contributed by atoms with van der Waals surface area (Å²) in [5.41, 5.74) is 2.70. The summed E-state index contributed by atoms with van der Waals surface area (Å²) in [6.45, 7) is 0.989. The molecule has 0 saturated carbocycles. The van der Waals surface area contributed by atoms with Crippen LogP contribution in [0.2, 0.25) is 5.02 Å². The van der Waals surface area contributed by atoms with Crippen molar-refractivity contribution in [3.63, 3.8) is 0 Å². The minimum absolute atomic E-state index is 0.116. The first-order chi connectivity index (χ1) is 14.1. The molecule has 0 spiro atoms. The number of benzene rings is 2. The highest BCUT2D eigenvalue weighted by Gasteiger charge is 2.38. The van der Waals surface area contributed by atoms with Crippen LogP contribution in [0, 0.1) is 0 Å². The lowest BCUT2D eigenvalue weighted by atomic mass is 10.0. The number of nitrogens with zero attached hydrogens (tertiary/aromatic N) is 1. The lowest BCUT2D eigenvalue weighted by Gasteiger charge is -2.21. The van der Waals surface area contributed by atoms with Crippen molar-refractivity contribution in [3.8, 4) is 11.5 Å². The minimum Gasteiger partial charge on any atom is -0.486 e. The quantitative estimate of drug-likeness (QED) is 0.645. The summed E-state index contributed by atoms with van der Waals surface area (Å²) in [6.07, 6.45) is 2.31. The van der Waals surface area contributed by atoms with Gasteiger partial charge in [-0.3, -0.25) is 9.69 Å². The molecule has 7 nitrogen and oxygen atoms in total. The molecular weight excluding hydrogens is 394 g/mol. The summed E-state index contributed by atoms with van der Waals surface area (Å²) in [5, 5.41) is 4.24. The number of hydrogen-bond acceptors (Lipinski definition) is 4. The molecule has 1 atom stereocenters. The van der Waals surface area contributed by atoms with E-state index in [1.54, 1.807) is 12.1 Å². The van der Waals surface area contributed by atoms with E-state index in [1.807, 2.05) is 30.5 Å². The highest BCUT2D eigenvalue weighted by Crippen LogP contribution is 2.38. The zero-order chi connectivity index (χ0) is 20.0. The van der Waals surface area contributed by atoms with Crippen molar-refractivity contribution in [2.45, 2.75) is 19.0 Å². The van der Waals surface area contributed by atoms with E-state index in [0.29, 0.717) is 41.7 Å². The molecule has 5 rings (SSSR count). The van der Waals surface area contributed by atoms with Crippen molar-refractivity contribution in [1.29, 1.82) is 0 Å². The molecule has 1 aromatic heterocycles. The van der Waals surface area contributed by atoms with E-state index < -0.39 is 12.1 Å². The second-order valence-corrected chi connectivity index (χ2v) is 7.50. The molecule has 0 bridgehead atoms. The number of aromatic amines is 1. The van der Waals surface area contributed by atoms with Gasteiger partial charge < -0.3 is 19.8 Å². The standard InChI is InChI=1S/C21H18ClN3O4/c22-15-7-12(8-18-19(15)29-6-5-28-18)11-25-20(26)17(24-21(25)27)9-13-10-23-16-4-2-1-3-14(13)16/h1-4,7-8,10,17,23H,5-6,9,11H2,(H,24,27). The largest absolute Gasteiger partial charge is 0.486 e. The predicted octanol–water partition coefficient (Wildman–Crippen LogP) is 3.26. The normalized spacial score (nSPS) is 18.4. The van der Waals surface area contributed by atoms with E-state index in [1.165, 1.54) is 4.90 Å². The van der Waals surface area contributed by atoms with Gasteiger partial charge in [0.05, 0.1) is 11.6 Å². The van der Waals surface area contributed by atoms with E-state index in [9.17, 15) is 9.59 Å². The molecule has 1 fully saturated rings. The topological polar surface area (TPSA) is 83.7 Å². The molecule has 3 amide bonds. The Bertz CT molecular complexity index is 1130. The van der Waals surface area contributed by atoms with Crippen molar-refractivity contribution in [2.24, 2.45) is 0 Å². The van der Waals surface area contributed by atoms with Crippen LogP contribution < -0.4 is 14.8 Å². The molecular formula is C21H18ClN3O4. The monoisotopic (exact) mass is 411 g/mol. The van der Waals surface area contributed by atoms with Gasteiger partial charge in [-0.05, 0) is 29.3 Å². The summed E-state index contributed by atoms with van der Waals surface area (Å²) in [7, 11) is 0. The number of ether oxygens (including phenoxy) is 2. The van der Waals surface area contributed by atoms with Crippen LogP contribution in [-0.2, 0) is 17.8 Å². The molecule has 3 heterocycles. The zero-order valence-corrected chi connectivity index (χ0v) is 16.2. The maximum atomic E-state index is 12.9. The van der Waals surface area contributed by atoms with Gasteiger partial charge >= 0.3 is 6.03 Å². The lowest BCUT2D eigenvalue weighted by Crippen LogP contribution is -2.32. The van der Waals surface area contributed by atoms with Crippen LogP contribution in [0.15, 0.2) is 42.6 Å². The Labute approximate surface area is 171 Å². The summed E-state index contributed by atoms with van der Waals surface area (Å²) in [4.78, 5) is 29.8. The first-order valence-electron chi connectivity index (χ1n) is 9.35. The third kappa shape index (κ3) is 3.17. The SMILES string of the molecule is O=C1NC(Cc2c[nH]c3ccccc23)C(=O)N1Cc1cc(Cl)c2c(c1)OCCO2. The van der Waals surface area contributed by atoms with E-state index >= 15 is 0 Å². The van der Waals surface area contributed by atoms with Crippen LogP contribution in [0.3, 0.4) is 0 Å². The summed E-state index contributed by atoms with van der Waals surface area (Å²) in [6, 6.07) is 10.3. The number of carbonyl (C=O) groups excluding carboxylic acids is 2. The van der Waals surface area contributed by atoms with Gasteiger partial charge in [-0.1, -0.05) is 29.8 Å². The zero-order valence-electron chi connectivity index (χ0n) is 15.4. The molecule has 2 aliphatic heterocycles. The van der Waals surface area contributed by atoms with Crippen LogP contribution in [0.1, 0.15) is 11.1 Å². The van der Waals surface area contributed by atoms with Crippen molar-refractivity contribution >= 4 is 34.4 Å². The number of para-hydroxylation sites is 1. The Kier molecular flexibility index (Phi) is 4.32. The number of nitrogens with one attached hydrogen (secondary N) is 2. The average Bonchev–Trinajstić information content (AvgIpc) is 3.25. The van der Waals surface area contributed by atoms with Gasteiger partial charge in [0.25, 0.3) is 5.91 Å². The van der Waals surface area contributed by atoms with Crippen LogP contribution >= 0.6 is 11.6 Å². The maximum absolute atomic E-state index is 12.9. The number of halogens is 1. The Morgan fingerprint density at radius 2 is 1.97 bits per heavy atom. The highest BCUT2D eigenvalue weighted by atomic mass is 35.5. The minimum atomic E-state index is -0.602. The van der Waals surface area contributed by atoms with Crippen LogP contribution in [0.25, 0.3) is 10.9 Å². The predicted molar refractivity (Wildman–Crippen MR) is 107 cm³/mol. The van der Waals surface area contributed by atoms with Gasteiger partial charge in [0.2, 0.25) is 0 Å². The van der Waals surface area contributed by atoms with Crippen molar-refractivity contribution in [2.75, 3.05) is 13.2 Å². The maximum Gasteiger partial charge on any atom is 0.325 e. The fourth-order valence-electron chi connectivity index (χ4n) is 3.82. The number of aromatic nitrogens is 1. The fourth-order valence-corrected chi connectivity index (χ4v) is 4.11. The van der Waals surface area contributed by atoms with Gasteiger partial charge in [-0.2, -0.15) is 0 Å². The Balaban J connectivity index is 1.35. The van der Waals surface area contributed by atoms with Gasteiger partial charge in [-0.15, -0.1) is 0 Å². The fraction of sp³-hybridized carbons (Fsp3) is 0.238. The van der Waals surface area contributed by atoms with E-state index in [4.69, 9.17) is 21.1 Å². The Hall–Kier alpha value is -3.19. The number of amides is 3. The molecule has 0 aliphatic carbocycles. The second-order valence-electron chi connectivity index (χ2n) is 7.09. The molecule has 0 radical (unpaired) electrons. The van der Waals surface area contributed by atoms with Gasteiger partial charge in [0.15, 0.2) is 11.5 Å². The third-order valence-corrected chi connectivity index (χ3v) is 5.48. The number of hydrogen-bond donors (Lipinski definition) is 2. The van der Waals surface area contributed by atoms with Gasteiger partial charge in [0.1, 0.15) is 19.3 Å². The number of H-pyrrole nitrogens is 1. The van der Waals surface area contributed by atoms with Gasteiger partial charge in [-0.25, -0.2) is 4.79 Å². The summed E-state index contributed by atoms with van der Waals surface area (Å²) < 4.78 is 11.1. The highest BCUT2D eigenvalue weighted by molar-refractivity contribution is 6.32. The number of fused-ring (bicyclic) bond motifs is 2. The molecule has 2 aromatic carbocycles. The van der Waals surface area contributed by atoms with Crippen molar-refractivity contribution < 1.29 is 19.1 Å². The molecule has 2 N–H and O–H groups in total. The number of imide groups is 1. The molecule has 29 heavy (non-hydrogen) atoms. The Morgan fingerprint density at radius 1 is 1.14 bits per heavy atom. The molecule has 2 aliphatic rings. The number of urea groups is 1. The number of carbonyl (C=O) groups is 2. The summed E-state index contributed by atoms with van der Waals surface area (Å²) in [5.74, 6) is 0.767. The molecule has 8 heteroatoms. The average molecular weight is 412 g/mol. The van der Waals surface area contributed by atoms with Crippen LogP contribution in [0.5, 0.6) is 11.5 Å². The molecule has 1 unspecified atom stereocenters. The van der Waals surface area contributed by atoms with Crippen molar-refractivity contribution in [3.05, 3.63) is 58.7 Å². The van der Waals surface area contributed by atoms with Gasteiger partial charge in [0, 0.05) is 23.5 Å². The lowest BCUT2D eigenvalue weighted by molar-refractivity contribution is -0.127. The number of rotatable bonds is 4.